The Labute approximate surface area is 138 Å². The van der Waals surface area contributed by atoms with Crippen LogP contribution in [0.4, 0.5) is 0 Å². The molecule has 0 N–H and O–H groups in total. The summed E-state index contributed by atoms with van der Waals surface area (Å²) < 4.78 is 15.4. The number of ether oxygens (including phenoxy) is 3. The number of thiazole rings is 1. The molecule has 0 saturated heterocycles. The second-order valence-corrected chi connectivity index (χ2v) is 5.63. The first-order valence-corrected chi connectivity index (χ1v) is 7.95. The standard InChI is InChI=1S/C16H17NO5S/c1-11(2)22-15(18)8-21-16(19)12-4-3-5-14(6-12)20-7-13-9-23-10-17-13/h3-6,9-11H,7-8H2,1-2H3. The van der Waals surface area contributed by atoms with Crippen LogP contribution in [0.1, 0.15) is 29.9 Å². The topological polar surface area (TPSA) is 74.7 Å². The average Bonchev–Trinajstić information content (AvgIpc) is 3.03. The van der Waals surface area contributed by atoms with Crippen LogP contribution >= 0.6 is 11.3 Å². The highest BCUT2D eigenvalue weighted by Crippen LogP contribution is 2.16. The maximum Gasteiger partial charge on any atom is 0.344 e. The predicted molar refractivity (Wildman–Crippen MR) is 84.4 cm³/mol. The monoisotopic (exact) mass is 335 g/mol. The van der Waals surface area contributed by atoms with Crippen molar-refractivity contribution in [3.63, 3.8) is 0 Å². The Morgan fingerprint density at radius 3 is 2.83 bits per heavy atom. The Balaban J connectivity index is 1.88. The fraction of sp³-hybridized carbons (Fsp3) is 0.312. The highest BCUT2D eigenvalue weighted by molar-refractivity contribution is 7.07. The summed E-state index contributed by atoms with van der Waals surface area (Å²) in [4.78, 5) is 27.4. The molecule has 6 nitrogen and oxygen atoms in total. The Hall–Kier alpha value is -2.41. The van der Waals surface area contributed by atoms with Gasteiger partial charge in [0.1, 0.15) is 12.4 Å². The molecule has 23 heavy (non-hydrogen) atoms. The zero-order chi connectivity index (χ0) is 16.7. The maximum absolute atomic E-state index is 11.9. The minimum absolute atomic E-state index is 0.247. The molecule has 122 valence electrons. The van der Waals surface area contributed by atoms with Gasteiger partial charge in [0.15, 0.2) is 6.61 Å². The minimum atomic E-state index is -0.607. The van der Waals surface area contributed by atoms with Crippen molar-refractivity contribution < 1.29 is 23.8 Å². The molecule has 0 atom stereocenters. The number of carbonyl (C=O) groups excluding carboxylic acids is 2. The van der Waals surface area contributed by atoms with E-state index in [-0.39, 0.29) is 6.10 Å². The van der Waals surface area contributed by atoms with Gasteiger partial charge >= 0.3 is 11.9 Å². The average molecular weight is 335 g/mol. The first-order chi connectivity index (χ1) is 11.0. The van der Waals surface area contributed by atoms with E-state index in [1.54, 1.807) is 43.6 Å². The molecule has 1 heterocycles. The molecule has 0 aliphatic carbocycles. The van der Waals surface area contributed by atoms with Crippen LogP contribution in [-0.4, -0.2) is 29.6 Å². The molecule has 2 aromatic rings. The van der Waals surface area contributed by atoms with Crippen LogP contribution in [0.3, 0.4) is 0 Å². The first kappa shape index (κ1) is 17.0. The van der Waals surface area contributed by atoms with E-state index >= 15 is 0 Å². The van der Waals surface area contributed by atoms with Gasteiger partial charge in [-0.05, 0) is 32.0 Å². The number of hydrogen-bond acceptors (Lipinski definition) is 7. The highest BCUT2D eigenvalue weighted by atomic mass is 32.1. The number of esters is 2. The highest BCUT2D eigenvalue weighted by Gasteiger charge is 2.12. The van der Waals surface area contributed by atoms with Crippen LogP contribution in [-0.2, 0) is 20.9 Å². The van der Waals surface area contributed by atoms with E-state index in [9.17, 15) is 9.59 Å². The molecule has 0 spiro atoms. The van der Waals surface area contributed by atoms with Gasteiger partial charge < -0.3 is 14.2 Å². The Morgan fingerprint density at radius 1 is 1.30 bits per heavy atom. The summed E-state index contributed by atoms with van der Waals surface area (Å²) in [6.45, 7) is 3.36. The first-order valence-electron chi connectivity index (χ1n) is 7.01. The molecule has 0 amide bonds. The van der Waals surface area contributed by atoms with E-state index < -0.39 is 18.5 Å². The molecular formula is C16H17NO5S. The van der Waals surface area contributed by atoms with Crippen LogP contribution in [0.15, 0.2) is 35.2 Å². The lowest BCUT2D eigenvalue weighted by Gasteiger charge is -2.09. The van der Waals surface area contributed by atoms with E-state index in [1.807, 2.05) is 5.38 Å². The maximum atomic E-state index is 11.9. The molecule has 0 bridgehead atoms. The van der Waals surface area contributed by atoms with Gasteiger partial charge in [0, 0.05) is 5.38 Å². The van der Waals surface area contributed by atoms with Gasteiger partial charge in [-0.25, -0.2) is 14.6 Å². The smallest absolute Gasteiger partial charge is 0.344 e. The summed E-state index contributed by atoms with van der Waals surface area (Å²) in [7, 11) is 0. The lowest BCUT2D eigenvalue weighted by molar-refractivity contribution is -0.150. The van der Waals surface area contributed by atoms with Crippen molar-refractivity contribution in [3.05, 3.63) is 46.4 Å². The van der Waals surface area contributed by atoms with Crippen molar-refractivity contribution in [2.45, 2.75) is 26.6 Å². The van der Waals surface area contributed by atoms with Crippen LogP contribution < -0.4 is 4.74 Å². The van der Waals surface area contributed by atoms with Crippen LogP contribution in [0.5, 0.6) is 5.75 Å². The van der Waals surface area contributed by atoms with Crippen molar-refractivity contribution in [2.24, 2.45) is 0 Å². The van der Waals surface area contributed by atoms with Crippen molar-refractivity contribution in [1.29, 1.82) is 0 Å². The number of aromatic nitrogens is 1. The van der Waals surface area contributed by atoms with Gasteiger partial charge in [-0.2, -0.15) is 0 Å². The zero-order valence-corrected chi connectivity index (χ0v) is 13.7. The molecule has 7 heteroatoms. The molecule has 1 aromatic heterocycles. The summed E-state index contributed by atoms with van der Waals surface area (Å²) in [5.74, 6) is -0.661. The Morgan fingerprint density at radius 2 is 2.13 bits per heavy atom. The van der Waals surface area contributed by atoms with Crippen molar-refractivity contribution in [3.8, 4) is 5.75 Å². The molecule has 0 radical (unpaired) electrons. The van der Waals surface area contributed by atoms with E-state index in [0.717, 1.165) is 5.69 Å². The second-order valence-electron chi connectivity index (χ2n) is 4.91. The van der Waals surface area contributed by atoms with E-state index in [0.29, 0.717) is 17.9 Å². The van der Waals surface area contributed by atoms with E-state index in [4.69, 9.17) is 14.2 Å². The van der Waals surface area contributed by atoms with Gasteiger partial charge in [0.2, 0.25) is 0 Å². The summed E-state index contributed by atoms with van der Waals surface area (Å²) >= 11 is 1.49. The van der Waals surface area contributed by atoms with E-state index in [2.05, 4.69) is 4.98 Å². The molecule has 0 fully saturated rings. The molecule has 2 rings (SSSR count). The lowest BCUT2D eigenvalue weighted by Crippen LogP contribution is -2.19. The van der Waals surface area contributed by atoms with E-state index in [1.165, 1.54) is 11.3 Å². The molecular weight excluding hydrogens is 318 g/mol. The molecule has 0 aliphatic rings. The quantitative estimate of drug-likeness (QED) is 0.724. The van der Waals surface area contributed by atoms with Crippen molar-refractivity contribution >= 4 is 23.3 Å². The minimum Gasteiger partial charge on any atom is -0.487 e. The van der Waals surface area contributed by atoms with Crippen LogP contribution in [0.25, 0.3) is 0 Å². The second kappa shape index (κ2) is 8.28. The van der Waals surface area contributed by atoms with Crippen molar-refractivity contribution in [2.75, 3.05) is 6.61 Å². The third kappa shape index (κ3) is 5.71. The summed E-state index contributed by atoms with van der Waals surface area (Å²) in [5, 5.41) is 1.89. The third-order valence-corrected chi connectivity index (χ3v) is 3.26. The van der Waals surface area contributed by atoms with Crippen LogP contribution in [0, 0.1) is 0 Å². The number of benzene rings is 1. The van der Waals surface area contributed by atoms with Gasteiger partial charge in [-0.1, -0.05) is 6.07 Å². The normalized spacial score (nSPS) is 10.4. The third-order valence-electron chi connectivity index (χ3n) is 2.63. The van der Waals surface area contributed by atoms with Crippen LogP contribution in [0.2, 0.25) is 0 Å². The number of rotatable bonds is 7. The predicted octanol–water partition coefficient (Wildman–Crippen LogP) is 2.83. The number of carbonyl (C=O) groups is 2. The fourth-order valence-corrected chi connectivity index (χ4v) is 2.23. The molecule has 1 aromatic carbocycles. The summed E-state index contributed by atoms with van der Waals surface area (Å²) in [6, 6.07) is 6.56. The molecule has 0 unspecified atom stereocenters. The number of nitrogens with zero attached hydrogens (tertiary/aromatic N) is 1. The molecule has 0 aliphatic heterocycles. The zero-order valence-electron chi connectivity index (χ0n) is 12.9. The lowest BCUT2D eigenvalue weighted by atomic mass is 10.2. The fourth-order valence-electron chi connectivity index (χ4n) is 1.68. The summed E-state index contributed by atoms with van der Waals surface area (Å²) in [6.07, 6.45) is -0.247. The number of hydrogen-bond donors (Lipinski definition) is 0. The SMILES string of the molecule is CC(C)OC(=O)COC(=O)c1cccc(OCc2cscn2)c1. The Bertz CT molecular complexity index is 654. The molecule has 0 saturated carbocycles. The van der Waals surface area contributed by atoms with Gasteiger partial charge in [-0.15, -0.1) is 11.3 Å². The van der Waals surface area contributed by atoms with Gasteiger partial charge in [-0.3, -0.25) is 0 Å². The van der Waals surface area contributed by atoms with Gasteiger partial charge in [0.25, 0.3) is 0 Å². The van der Waals surface area contributed by atoms with Gasteiger partial charge in [0.05, 0.1) is 22.9 Å². The summed E-state index contributed by atoms with van der Waals surface area (Å²) in [5.41, 5.74) is 2.85. The largest absolute Gasteiger partial charge is 0.487 e. The van der Waals surface area contributed by atoms with Crippen molar-refractivity contribution in [1.82, 2.24) is 4.98 Å². The Kier molecular flexibility index (Phi) is 6.10.